The maximum absolute atomic E-state index is 12.8. The number of nitrogens with one attached hydrogen (secondary N) is 2. The van der Waals surface area contributed by atoms with Crippen molar-refractivity contribution in [3.05, 3.63) is 66.0 Å². The highest BCUT2D eigenvalue weighted by molar-refractivity contribution is 6.02. The van der Waals surface area contributed by atoms with E-state index < -0.39 is 0 Å². The molecule has 1 amide bonds. The van der Waals surface area contributed by atoms with E-state index in [4.69, 9.17) is 0 Å². The topological polar surface area (TPSA) is 70.2 Å². The minimum atomic E-state index is -0.330. The minimum Gasteiger partial charge on any atom is -0.362 e. The van der Waals surface area contributed by atoms with Crippen LogP contribution < -0.4 is 10.6 Å². The summed E-state index contributed by atoms with van der Waals surface area (Å²) < 4.78 is 0. The van der Waals surface area contributed by atoms with Crippen molar-refractivity contribution in [3.8, 4) is 0 Å². The van der Waals surface area contributed by atoms with E-state index in [0.29, 0.717) is 11.8 Å². The minimum absolute atomic E-state index is 0.0442. The molecule has 1 aromatic heterocycles. The molecule has 2 N–H and O–H groups in total. The molecule has 2 aromatic carbocycles. The average molecular weight is 385 g/mol. The van der Waals surface area contributed by atoms with Crippen LogP contribution in [0.2, 0.25) is 0 Å². The Morgan fingerprint density at radius 2 is 1.93 bits per heavy atom. The lowest BCUT2D eigenvalue weighted by Gasteiger charge is -2.42. The van der Waals surface area contributed by atoms with Crippen molar-refractivity contribution in [1.29, 1.82) is 0 Å². The molecule has 2 fully saturated rings. The van der Waals surface area contributed by atoms with Gasteiger partial charge in [-0.1, -0.05) is 24.3 Å². The van der Waals surface area contributed by atoms with E-state index in [9.17, 15) is 4.79 Å². The van der Waals surface area contributed by atoms with Crippen molar-refractivity contribution >= 4 is 22.6 Å². The summed E-state index contributed by atoms with van der Waals surface area (Å²) >= 11 is 0. The molecule has 0 bridgehead atoms. The maximum atomic E-state index is 12.8. The second-order valence-corrected chi connectivity index (χ2v) is 8.54. The molecule has 1 saturated heterocycles. The SMILES string of the molecule is O=C1N[C@]2(CC[C@@H]3CN(Cc4cccc5nccnc45)C[C@@H]32)Nc2ccccc21. The van der Waals surface area contributed by atoms with Gasteiger partial charge in [0.2, 0.25) is 0 Å². The van der Waals surface area contributed by atoms with Gasteiger partial charge in [-0.15, -0.1) is 0 Å². The molecular weight excluding hydrogens is 362 g/mol. The zero-order chi connectivity index (χ0) is 19.4. The number of hydrogen-bond donors (Lipinski definition) is 2. The van der Waals surface area contributed by atoms with Crippen LogP contribution in [-0.4, -0.2) is 39.5 Å². The van der Waals surface area contributed by atoms with Gasteiger partial charge in [0.25, 0.3) is 5.91 Å². The number of rotatable bonds is 2. The fourth-order valence-corrected chi connectivity index (χ4v) is 5.60. The molecule has 29 heavy (non-hydrogen) atoms. The number of aromatic nitrogens is 2. The Kier molecular flexibility index (Phi) is 3.65. The van der Waals surface area contributed by atoms with Crippen molar-refractivity contribution in [2.75, 3.05) is 18.4 Å². The Hall–Kier alpha value is -2.99. The highest BCUT2D eigenvalue weighted by atomic mass is 16.2. The predicted octanol–water partition coefficient (Wildman–Crippen LogP) is 3.02. The van der Waals surface area contributed by atoms with Crippen LogP contribution in [0.4, 0.5) is 5.69 Å². The molecule has 3 atom stereocenters. The second kappa shape index (κ2) is 6.26. The third-order valence-electron chi connectivity index (χ3n) is 6.90. The Morgan fingerprint density at radius 1 is 1.03 bits per heavy atom. The molecule has 6 rings (SSSR count). The van der Waals surface area contributed by atoms with Crippen LogP contribution in [0.15, 0.2) is 54.9 Å². The lowest BCUT2D eigenvalue weighted by molar-refractivity contribution is 0.0871. The van der Waals surface area contributed by atoms with Crippen molar-refractivity contribution in [2.45, 2.75) is 25.0 Å². The van der Waals surface area contributed by atoms with E-state index in [1.54, 1.807) is 12.4 Å². The van der Waals surface area contributed by atoms with Gasteiger partial charge in [0.1, 0.15) is 5.66 Å². The van der Waals surface area contributed by atoms with E-state index in [1.807, 2.05) is 30.3 Å². The first-order valence-electron chi connectivity index (χ1n) is 10.3. The fraction of sp³-hybridized carbons (Fsp3) is 0.348. The lowest BCUT2D eigenvalue weighted by Crippen LogP contribution is -2.61. The van der Waals surface area contributed by atoms with Gasteiger partial charge in [-0.05, 0) is 42.5 Å². The van der Waals surface area contributed by atoms with Gasteiger partial charge in [-0.2, -0.15) is 0 Å². The number of benzene rings is 2. The van der Waals surface area contributed by atoms with Gasteiger partial charge < -0.3 is 10.6 Å². The summed E-state index contributed by atoms with van der Waals surface area (Å²) in [6.07, 6.45) is 5.62. The largest absolute Gasteiger partial charge is 0.362 e. The normalized spacial score (nSPS) is 28.2. The number of likely N-dealkylation sites (tertiary alicyclic amines) is 1. The molecule has 6 nitrogen and oxygen atoms in total. The fourth-order valence-electron chi connectivity index (χ4n) is 5.60. The molecule has 146 valence electrons. The number of carbonyl (C=O) groups excluding carboxylic acids is 1. The van der Waals surface area contributed by atoms with Gasteiger partial charge in [-0.3, -0.25) is 19.7 Å². The molecule has 1 saturated carbocycles. The molecule has 3 aliphatic rings. The Bertz CT molecular complexity index is 1110. The van der Waals surface area contributed by atoms with Crippen LogP contribution in [0.5, 0.6) is 0 Å². The quantitative estimate of drug-likeness (QED) is 0.710. The monoisotopic (exact) mass is 385 g/mol. The summed E-state index contributed by atoms with van der Waals surface area (Å²) in [7, 11) is 0. The standard InChI is InChI=1S/C23H23N5O/c29-22-17-5-1-2-6-19(17)26-23(27-22)9-8-15-12-28(14-18(15)23)13-16-4-3-7-20-21(16)25-11-10-24-20/h1-7,10-11,15,18,26H,8-9,12-14H2,(H,27,29)/t15-,18+,23+/m1/s1. The Labute approximate surface area is 169 Å². The van der Waals surface area contributed by atoms with Crippen LogP contribution in [0.25, 0.3) is 11.0 Å². The molecule has 6 heteroatoms. The first-order chi connectivity index (χ1) is 14.2. The van der Waals surface area contributed by atoms with Crippen LogP contribution in [0.3, 0.4) is 0 Å². The summed E-state index contributed by atoms with van der Waals surface area (Å²) in [4.78, 5) is 24.3. The number of amides is 1. The van der Waals surface area contributed by atoms with Crippen LogP contribution in [-0.2, 0) is 6.54 Å². The zero-order valence-corrected chi connectivity index (χ0v) is 16.1. The number of nitrogens with zero attached hydrogens (tertiary/aromatic N) is 3. The number of carbonyl (C=O) groups is 1. The molecule has 3 heterocycles. The number of fused-ring (bicyclic) bond motifs is 4. The summed E-state index contributed by atoms with van der Waals surface area (Å²) in [6, 6.07) is 14.0. The van der Waals surface area contributed by atoms with Gasteiger partial charge in [0, 0.05) is 43.6 Å². The zero-order valence-electron chi connectivity index (χ0n) is 16.1. The van der Waals surface area contributed by atoms with Crippen LogP contribution in [0.1, 0.15) is 28.8 Å². The van der Waals surface area contributed by atoms with E-state index in [-0.39, 0.29) is 11.6 Å². The molecular formula is C23H23N5O. The summed E-state index contributed by atoms with van der Waals surface area (Å²) in [5.74, 6) is 1.04. The Balaban J connectivity index is 1.26. The van der Waals surface area contributed by atoms with Crippen molar-refractivity contribution in [3.63, 3.8) is 0 Å². The average Bonchev–Trinajstić information content (AvgIpc) is 3.29. The van der Waals surface area contributed by atoms with Crippen molar-refractivity contribution in [1.82, 2.24) is 20.2 Å². The predicted molar refractivity (Wildman–Crippen MR) is 111 cm³/mol. The molecule has 1 spiro atoms. The van der Waals surface area contributed by atoms with Crippen LogP contribution in [0, 0.1) is 11.8 Å². The third-order valence-corrected chi connectivity index (χ3v) is 6.90. The summed E-state index contributed by atoms with van der Waals surface area (Å²) in [5, 5.41) is 7.04. The first kappa shape index (κ1) is 16.9. The molecule has 0 radical (unpaired) electrons. The van der Waals surface area contributed by atoms with Gasteiger partial charge in [0.15, 0.2) is 0 Å². The highest BCUT2D eigenvalue weighted by Crippen LogP contribution is 2.47. The van der Waals surface area contributed by atoms with E-state index in [2.05, 4.69) is 37.6 Å². The molecule has 1 aliphatic carbocycles. The number of anilines is 1. The molecule has 2 aliphatic heterocycles. The second-order valence-electron chi connectivity index (χ2n) is 8.54. The smallest absolute Gasteiger partial charge is 0.255 e. The van der Waals surface area contributed by atoms with Crippen molar-refractivity contribution in [2.24, 2.45) is 11.8 Å². The van der Waals surface area contributed by atoms with Gasteiger partial charge >= 0.3 is 0 Å². The first-order valence-corrected chi connectivity index (χ1v) is 10.3. The lowest BCUT2D eigenvalue weighted by atomic mass is 9.89. The van der Waals surface area contributed by atoms with Crippen molar-refractivity contribution < 1.29 is 4.79 Å². The molecule has 0 unspecified atom stereocenters. The van der Waals surface area contributed by atoms with Gasteiger partial charge in [0.05, 0.1) is 16.6 Å². The van der Waals surface area contributed by atoms with E-state index in [1.165, 1.54) is 5.56 Å². The summed E-state index contributed by atoms with van der Waals surface area (Å²) in [5.41, 5.74) is 4.52. The Morgan fingerprint density at radius 3 is 2.90 bits per heavy atom. The number of hydrogen-bond acceptors (Lipinski definition) is 5. The van der Waals surface area contributed by atoms with Crippen LogP contribution >= 0.6 is 0 Å². The van der Waals surface area contributed by atoms with E-state index in [0.717, 1.165) is 54.8 Å². The third kappa shape index (κ3) is 2.63. The number of para-hydroxylation sites is 2. The maximum Gasteiger partial charge on any atom is 0.255 e. The highest BCUT2D eigenvalue weighted by Gasteiger charge is 2.54. The van der Waals surface area contributed by atoms with E-state index >= 15 is 0 Å². The molecule has 3 aromatic rings. The summed E-state index contributed by atoms with van der Waals surface area (Å²) in [6.45, 7) is 2.89. The van der Waals surface area contributed by atoms with Gasteiger partial charge in [-0.25, -0.2) is 0 Å².